The zero-order valence-electron chi connectivity index (χ0n) is 12.9. The first-order chi connectivity index (χ1) is 11.5. The van der Waals surface area contributed by atoms with Gasteiger partial charge in [0.05, 0.1) is 22.2 Å². The number of ether oxygens (including phenoxy) is 1. The van der Waals surface area contributed by atoms with Crippen LogP contribution in [0.5, 0.6) is 5.75 Å². The van der Waals surface area contributed by atoms with Crippen molar-refractivity contribution in [2.24, 2.45) is 0 Å². The molecule has 1 aromatic heterocycles. The van der Waals surface area contributed by atoms with Gasteiger partial charge in [0.2, 0.25) is 0 Å². The Kier molecular flexibility index (Phi) is 4.13. The van der Waals surface area contributed by atoms with E-state index in [1.165, 1.54) is 36.6 Å². The molecule has 0 saturated carbocycles. The number of benzene rings is 2. The molecule has 0 bridgehead atoms. The van der Waals surface area contributed by atoms with Crippen LogP contribution >= 0.6 is 11.3 Å². The molecule has 0 spiro atoms. The van der Waals surface area contributed by atoms with E-state index in [1.807, 2.05) is 25.1 Å². The number of para-hydroxylation sites is 1. The van der Waals surface area contributed by atoms with Crippen LogP contribution in [-0.4, -0.2) is 22.9 Å². The van der Waals surface area contributed by atoms with E-state index in [-0.39, 0.29) is 17.0 Å². The number of methoxy groups -OCH3 is 1. The van der Waals surface area contributed by atoms with Crippen molar-refractivity contribution in [1.29, 1.82) is 0 Å². The van der Waals surface area contributed by atoms with Crippen LogP contribution in [0, 0.1) is 17.0 Å². The molecular weight excluding hydrogens is 330 g/mol. The van der Waals surface area contributed by atoms with E-state index in [0.717, 1.165) is 15.8 Å². The van der Waals surface area contributed by atoms with Gasteiger partial charge in [-0.15, -0.1) is 0 Å². The minimum Gasteiger partial charge on any atom is -0.490 e. The lowest BCUT2D eigenvalue weighted by molar-refractivity contribution is -0.385. The summed E-state index contributed by atoms with van der Waals surface area (Å²) in [4.78, 5) is 27.2. The zero-order valence-corrected chi connectivity index (χ0v) is 13.7. The molecule has 2 aromatic carbocycles. The number of fused-ring (bicyclic) bond motifs is 1. The third-order valence-electron chi connectivity index (χ3n) is 3.48. The Bertz CT molecular complexity index is 952. The summed E-state index contributed by atoms with van der Waals surface area (Å²) in [7, 11) is 1.34. The fourth-order valence-electron chi connectivity index (χ4n) is 2.28. The summed E-state index contributed by atoms with van der Waals surface area (Å²) in [6.07, 6.45) is 0. The normalized spacial score (nSPS) is 10.6. The first-order valence-corrected chi connectivity index (χ1v) is 7.81. The lowest BCUT2D eigenvalue weighted by atomic mass is 10.2. The Morgan fingerprint density at radius 1 is 1.33 bits per heavy atom. The Hall–Kier alpha value is -3.00. The molecule has 0 aliphatic carbocycles. The van der Waals surface area contributed by atoms with E-state index in [0.29, 0.717) is 5.13 Å². The van der Waals surface area contributed by atoms with E-state index < -0.39 is 10.8 Å². The molecule has 1 amide bonds. The fourth-order valence-corrected chi connectivity index (χ4v) is 3.22. The second-order valence-corrected chi connectivity index (χ2v) is 6.07. The molecule has 0 aliphatic heterocycles. The number of thiazole rings is 1. The van der Waals surface area contributed by atoms with Crippen molar-refractivity contribution in [3.63, 3.8) is 0 Å². The molecule has 0 fully saturated rings. The summed E-state index contributed by atoms with van der Waals surface area (Å²) in [5, 5.41) is 14.2. The highest BCUT2D eigenvalue weighted by Crippen LogP contribution is 2.30. The molecule has 3 aromatic rings. The van der Waals surface area contributed by atoms with E-state index in [1.54, 1.807) is 0 Å². The maximum Gasteiger partial charge on any atom is 0.311 e. The number of carbonyl (C=O) groups is 1. The number of aromatic nitrogens is 1. The summed E-state index contributed by atoms with van der Waals surface area (Å²) in [6.45, 7) is 1.94. The Morgan fingerprint density at radius 3 is 2.79 bits per heavy atom. The summed E-state index contributed by atoms with van der Waals surface area (Å²) in [5.74, 6) is -0.357. The number of rotatable bonds is 4. The van der Waals surface area contributed by atoms with Gasteiger partial charge < -0.3 is 4.74 Å². The number of hydrogen-bond donors (Lipinski definition) is 1. The van der Waals surface area contributed by atoms with Gasteiger partial charge in [-0.05, 0) is 30.7 Å². The number of nitro benzene ring substituents is 1. The SMILES string of the molecule is COc1ccc(C(=O)Nc2nc3c(C)cccc3s2)cc1[N+](=O)[O-]. The first-order valence-electron chi connectivity index (χ1n) is 6.99. The first kappa shape index (κ1) is 15.9. The average molecular weight is 343 g/mol. The molecule has 0 aliphatic rings. The minimum absolute atomic E-state index is 0.104. The van der Waals surface area contributed by atoms with E-state index >= 15 is 0 Å². The van der Waals surface area contributed by atoms with Gasteiger partial charge >= 0.3 is 5.69 Å². The van der Waals surface area contributed by atoms with Gasteiger partial charge in [0.25, 0.3) is 5.91 Å². The van der Waals surface area contributed by atoms with Crippen LogP contribution in [0.2, 0.25) is 0 Å². The Labute approximate surface area is 141 Å². The molecule has 7 nitrogen and oxygen atoms in total. The molecular formula is C16H13N3O4S. The minimum atomic E-state index is -0.587. The van der Waals surface area contributed by atoms with E-state index in [2.05, 4.69) is 10.3 Å². The van der Waals surface area contributed by atoms with Gasteiger partial charge in [0.1, 0.15) is 0 Å². The second kappa shape index (κ2) is 6.25. The average Bonchev–Trinajstić information content (AvgIpc) is 2.98. The Balaban J connectivity index is 1.90. The number of amides is 1. The van der Waals surface area contributed by atoms with Crippen LogP contribution in [0.15, 0.2) is 36.4 Å². The molecule has 0 unspecified atom stereocenters. The lowest BCUT2D eigenvalue weighted by Gasteiger charge is -2.04. The van der Waals surface area contributed by atoms with Crippen LogP contribution in [0.1, 0.15) is 15.9 Å². The van der Waals surface area contributed by atoms with Gasteiger partial charge in [-0.25, -0.2) is 4.98 Å². The van der Waals surface area contributed by atoms with Crippen molar-refractivity contribution in [1.82, 2.24) is 4.98 Å². The van der Waals surface area contributed by atoms with Gasteiger partial charge in [0.15, 0.2) is 10.9 Å². The zero-order chi connectivity index (χ0) is 17.3. The third-order valence-corrected chi connectivity index (χ3v) is 4.41. The van der Waals surface area contributed by atoms with E-state index in [9.17, 15) is 14.9 Å². The van der Waals surface area contributed by atoms with Gasteiger partial charge in [-0.3, -0.25) is 20.2 Å². The van der Waals surface area contributed by atoms with Gasteiger partial charge in [-0.1, -0.05) is 23.5 Å². The van der Waals surface area contributed by atoms with Crippen LogP contribution in [0.25, 0.3) is 10.2 Å². The maximum atomic E-state index is 12.3. The molecule has 24 heavy (non-hydrogen) atoms. The predicted octanol–water partition coefficient (Wildman–Crippen LogP) is 3.77. The number of hydrogen-bond acceptors (Lipinski definition) is 6. The van der Waals surface area contributed by atoms with Gasteiger partial charge in [0, 0.05) is 11.6 Å². The smallest absolute Gasteiger partial charge is 0.311 e. The third kappa shape index (κ3) is 2.91. The number of nitro groups is 1. The van der Waals surface area contributed by atoms with Crippen LogP contribution in [0.4, 0.5) is 10.8 Å². The largest absolute Gasteiger partial charge is 0.490 e. The van der Waals surface area contributed by atoms with Crippen molar-refractivity contribution in [2.45, 2.75) is 6.92 Å². The topological polar surface area (TPSA) is 94.4 Å². The number of aryl methyl sites for hydroxylation is 1. The molecule has 1 N–H and O–H groups in total. The highest BCUT2D eigenvalue weighted by atomic mass is 32.1. The Morgan fingerprint density at radius 2 is 2.12 bits per heavy atom. The van der Waals surface area contributed by atoms with Crippen molar-refractivity contribution in [2.75, 3.05) is 12.4 Å². The predicted molar refractivity (Wildman–Crippen MR) is 92.0 cm³/mol. The summed E-state index contributed by atoms with van der Waals surface area (Å²) < 4.78 is 5.89. The standard InChI is InChI=1S/C16H13N3O4S/c1-9-4-3-5-13-14(9)17-16(24-13)18-15(20)10-6-7-12(23-2)11(8-10)19(21)22/h3-8H,1-2H3,(H,17,18,20). The summed E-state index contributed by atoms with van der Waals surface area (Å²) >= 11 is 1.35. The monoisotopic (exact) mass is 343 g/mol. The molecule has 8 heteroatoms. The highest BCUT2D eigenvalue weighted by Gasteiger charge is 2.19. The van der Waals surface area contributed by atoms with Crippen LogP contribution < -0.4 is 10.1 Å². The number of carbonyl (C=O) groups excluding carboxylic acids is 1. The lowest BCUT2D eigenvalue weighted by Crippen LogP contribution is -2.12. The van der Waals surface area contributed by atoms with Crippen molar-refractivity contribution in [3.05, 3.63) is 57.6 Å². The molecule has 1 heterocycles. The summed E-state index contributed by atoms with van der Waals surface area (Å²) in [6, 6.07) is 9.85. The van der Waals surface area contributed by atoms with Gasteiger partial charge in [-0.2, -0.15) is 0 Å². The molecule has 122 valence electrons. The molecule has 0 saturated heterocycles. The fraction of sp³-hybridized carbons (Fsp3) is 0.125. The number of nitrogens with zero attached hydrogens (tertiary/aromatic N) is 2. The maximum absolute atomic E-state index is 12.3. The van der Waals surface area contributed by atoms with Crippen LogP contribution in [-0.2, 0) is 0 Å². The van der Waals surface area contributed by atoms with Crippen LogP contribution in [0.3, 0.4) is 0 Å². The number of anilines is 1. The molecule has 0 radical (unpaired) electrons. The van der Waals surface area contributed by atoms with Crippen molar-refractivity contribution in [3.8, 4) is 5.75 Å². The molecule has 0 atom stereocenters. The molecule has 3 rings (SSSR count). The quantitative estimate of drug-likeness (QED) is 0.575. The highest BCUT2D eigenvalue weighted by molar-refractivity contribution is 7.22. The van der Waals surface area contributed by atoms with Crippen molar-refractivity contribution < 1.29 is 14.5 Å². The van der Waals surface area contributed by atoms with Crippen molar-refractivity contribution >= 4 is 38.3 Å². The number of nitrogens with one attached hydrogen (secondary N) is 1. The summed E-state index contributed by atoms with van der Waals surface area (Å²) in [5.41, 5.74) is 1.76. The van der Waals surface area contributed by atoms with E-state index in [4.69, 9.17) is 4.74 Å². The second-order valence-electron chi connectivity index (χ2n) is 5.04.